The van der Waals surface area contributed by atoms with Crippen LogP contribution in [0.3, 0.4) is 0 Å². The van der Waals surface area contributed by atoms with E-state index in [1.54, 1.807) is 38.4 Å². The number of aliphatic hydroxyl groups excluding tert-OH is 2. The van der Waals surface area contributed by atoms with Gasteiger partial charge in [-0.25, -0.2) is 9.97 Å². The molecular weight excluding hydrogens is 308 g/mol. The number of aryl methyl sites for hydroxylation is 1. The van der Waals surface area contributed by atoms with E-state index in [2.05, 4.69) is 15.3 Å². The predicted octanol–water partition coefficient (Wildman–Crippen LogP) is 0.919. The Bertz CT molecular complexity index is 703. The van der Waals surface area contributed by atoms with Crippen molar-refractivity contribution < 1.29 is 15.0 Å². The van der Waals surface area contributed by atoms with Crippen LogP contribution in [0.2, 0.25) is 0 Å². The predicted molar refractivity (Wildman–Crippen MR) is 91.8 cm³/mol. The number of rotatable bonds is 6. The minimum atomic E-state index is -0.945. The molecule has 24 heavy (non-hydrogen) atoms. The normalized spacial score (nSPS) is 11.9. The van der Waals surface area contributed by atoms with Crippen LogP contribution in [0.1, 0.15) is 16.1 Å². The summed E-state index contributed by atoms with van der Waals surface area (Å²) in [4.78, 5) is 22.5. The molecule has 0 aliphatic heterocycles. The highest BCUT2D eigenvalue weighted by atomic mass is 16.3. The van der Waals surface area contributed by atoms with Gasteiger partial charge in [0.05, 0.1) is 12.7 Å². The first-order chi connectivity index (χ1) is 11.4. The van der Waals surface area contributed by atoms with E-state index in [1.807, 2.05) is 13.0 Å². The van der Waals surface area contributed by atoms with E-state index in [1.165, 1.54) is 4.90 Å². The zero-order valence-corrected chi connectivity index (χ0v) is 14.0. The van der Waals surface area contributed by atoms with Crippen LogP contribution in [0.4, 0.5) is 5.82 Å². The second kappa shape index (κ2) is 7.85. The van der Waals surface area contributed by atoms with Crippen LogP contribution < -0.4 is 5.32 Å². The van der Waals surface area contributed by atoms with Gasteiger partial charge in [0, 0.05) is 43.5 Å². The van der Waals surface area contributed by atoms with Crippen molar-refractivity contribution >= 4 is 11.7 Å². The molecule has 1 heterocycles. The van der Waals surface area contributed by atoms with E-state index in [4.69, 9.17) is 5.11 Å². The van der Waals surface area contributed by atoms with E-state index in [9.17, 15) is 9.90 Å². The molecule has 7 nitrogen and oxygen atoms in total. The lowest BCUT2D eigenvalue weighted by Gasteiger charge is -2.19. The molecule has 0 fully saturated rings. The van der Waals surface area contributed by atoms with Crippen molar-refractivity contribution in [1.82, 2.24) is 14.9 Å². The topological polar surface area (TPSA) is 98.6 Å². The lowest BCUT2D eigenvalue weighted by molar-refractivity contribution is 0.0520. The van der Waals surface area contributed by atoms with E-state index in [-0.39, 0.29) is 19.1 Å². The second-order valence-corrected chi connectivity index (χ2v) is 5.57. The number of amides is 1. The fourth-order valence-corrected chi connectivity index (χ4v) is 2.26. The summed E-state index contributed by atoms with van der Waals surface area (Å²) < 4.78 is 0. The summed E-state index contributed by atoms with van der Waals surface area (Å²) >= 11 is 0. The van der Waals surface area contributed by atoms with Gasteiger partial charge in [0.2, 0.25) is 0 Å². The van der Waals surface area contributed by atoms with Crippen molar-refractivity contribution in [2.45, 2.75) is 13.0 Å². The van der Waals surface area contributed by atoms with Gasteiger partial charge in [-0.05, 0) is 19.1 Å². The van der Waals surface area contributed by atoms with Crippen molar-refractivity contribution in [2.75, 3.05) is 32.6 Å². The number of carbonyl (C=O) groups excluding carboxylic acids is 1. The number of benzene rings is 1. The molecule has 128 valence electrons. The van der Waals surface area contributed by atoms with E-state index in [0.717, 1.165) is 17.1 Å². The number of nitrogens with zero attached hydrogens (tertiary/aromatic N) is 3. The summed E-state index contributed by atoms with van der Waals surface area (Å²) in [5, 5.41) is 21.3. The summed E-state index contributed by atoms with van der Waals surface area (Å²) in [5.41, 5.74) is 2.15. The van der Waals surface area contributed by atoms with Crippen molar-refractivity contribution in [3.63, 3.8) is 0 Å². The number of carbonyl (C=O) groups is 1. The quantitative estimate of drug-likeness (QED) is 0.728. The molecule has 0 bridgehead atoms. The molecule has 3 N–H and O–H groups in total. The Labute approximate surface area is 141 Å². The third-order valence-corrected chi connectivity index (χ3v) is 3.54. The highest BCUT2D eigenvalue weighted by Crippen LogP contribution is 2.19. The zero-order valence-electron chi connectivity index (χ0n) is 14.0. The number of aromatic nitrogens is 2. The van der Waals surface area contributed by atoms with E-state index < -0.39 is 6.10 Å². The van der Waals surface area contributed by atoms with Gasteiger partial charge < -0.3 is 20.4 Å². The van der Waals surface area contributed by atoms with Gasteiger partial charge in [0.1, 0.15) is 5.82 Å². The lowest BCUT2D eigenvalue weighted by atomic mass is 10.1. The fourth-order valence-electron chi connectivity index (χ4n) is 2.26. The Morgan fingerprint density at radius 3 is 2.54 bits per heavy atom. The molecule has 2 rings (SSSR count). The summed E-state index contributed by atoms with van der Waals surface area (Å²) in [6, 6.07) is 8.83. The molecular formula is C17H22N4O3. The molecule has 7 heteroatoms. The maximum absolute atomic E-state index is 12.3. The first-order valence-electron chi connectivity index (χ1n) is 7.63. The summed E-state index contributed by atoms with van der Waals surface area (Å²) in [6.07, 6.45) is -0.945. The van der Waals surface area contributed by atoms with Crippen molar-refractivity contribution in [2.24, 2.45) is 0 Å². The molecule has 0 aliphatic carbocycles. The van der Waals surface area contributed by atoms with Gasteiger partial charge in [-0.3, -0.25) is 4.79 Å². The molecule has 1 atom stereocenters. The second-order valence-electron chi connectivity index (χ2n) is 5.57. The smallest absolute Gasteiger partial charge is 0.253 e. The molecule has 0 spiro atoms. The van der Waals surface area contributed by atoms with Crippen LogP contribution in [0.5, 0.6) is 0 Å². The molecule has 0 saturated heterocycles. The van der Waals surface area contributed by atoms with Crippen molar-refractivity contribution in [3.05, 3.63) is 41.6 Å². The van der Waals surface area contributed by atoms with Crippen LogP contribution in [-0.4, -0.2) is 64.3 Å². The molecule has 0 radical (unpaired) electrons. The number of nitrogens with one attached hydrogen (secondary N) is 1. The van der Waals surface area contributed by atoms with Crippen LogP contribution in [-0.2, 0) is 0 Å². The number of aliphatic hydroxyl groups is 2. The Kier molecular flexibility index (Phi) is 5.83. The highest BCUT2D eigenvalue weighted by Gasteiger charge is 2.15. The van der Waals surface area contributed by atoms with Crippen LogP contribution in [0.25, 0.3) is 11.4 Å². The maximum atomic E-state index is 12.3. The molecule has 1 aromatic carbocycles. The van der Waals surface area contributed by atoms with Gasteiger partial charge in [-0.2, -0.15) is 0 Å². The highest BCUT2D eigenvalue weighted by molar-refractivity contribution is 5.94. The van der Waals surface area contributed by atoms with Gasteiger partial charge in [0.15, 0.2) is 5.82 Å². The Morgan fingerprint density at radius 2 is 1.96 bits per heavy atom. The summed E-state index contributed by atoms with van der Waals surface area (Å²) in [6.45, 7) is 1.59. The van der Waals surface area contributed by atoms with E-state index in [0.29, 0.717) is 11.4 Å². The van der Waals surface area contributed by atoms with E-state index >= 15 is 0 Å². The SMILES string of the molecule is CNc1cc(C)nc(-c2ccc(C(=O)N(C)C[C@H](O)CO)cc2)n1. The first-order valence-corrected chi connectivity index (χ1v) is 7.63. The Morgan fingerprint density at radius 1 is 1.29 bits per heavy atom. The number of anilines is 1. The average Bonchev–Trinajstić information content (AvgIpc) is 2.60. The van der Waals surface area contributed by atoms with Crippen LogP contribution >= 0.6 is 0 Å². The Hall–Kier alpha value is -2.51. The number of hydrogen-bond acceptors (Lipinski definition) is 6. The number of likely N-dealkylation sites (N-methyl/N-ethyl adjacent to an activating group) is 1. The Balaban J connectivity index is 2.18. The van der Waals surface area contributed by atoms with Crippen LogP contribution in [0, 0.1) is 6.92 Å². The third kappa shape index (κ3) is 4.27. The fraction of sp³-hybridized carbons (Fsp3) is 0.353. The van der Waals surface area contributed by atoms with Gasteiger partial charge in [-0.1, -0.05) is 12.1 Å². The summed E-state index contributed by atoms with van der Waals surface area (Å²) in [5.74, 6) is 1.09. The molecule has 0 unspecified atom stereocenters. The van der Waals surface area contributed by atoms with Gasteiger partial charge >= 0.3 is 0 Å². The minimum Gasteiger partial charge on any atom is -0.394 e. The minimum absolute atomic E-state index is 0.0730. The van der Waals surface area contributed by atoms with Gasteiger partial charge in [-0.15, -0.1) is 0 Å². The average molecular weight is 330 g/mol. The van der Waals surface area contributed by atoms with Crippen LogP contribution in [0.15, 0.2) is 30.3 Å². The lowest BCUT2D eigenvalue weighted by Crippen LogP contribution is -2.35. The van der Waals surface area contributed by atoms with Crippen molar-refractivity contribution in [3.8, 4) is 11.4 Å². The monoisotopic (exact) mass is 330 g/mol. The molecule has 0 saturated carbocycles. The summed E-state index contributed by atoms with van der Waals surface area (Å²) in [7, 11) is 3.38. The molecule has 2 aromatic rings. The maximum Gasteiger partial charge on any atom is 0.253 e. The molecule has 1 amide bonds. The zero-order chi connectivity index (χ0) is 17.7. The third-order valence-electron chi connectivity index (χ3n) is 3.54. The standard InChI is InChI=1S/C17H22N4O3/c1-11-8-15(18-2)20-16(19-11)12-4-6-13(7-5-12)17(24)21(3)9-14(23)10-22/h4-8,14,22-23H,9-10H2,1-3H3,(H,18,19,20)/t14-/m0/s1. The number of hydrogen-bond donors (Lipinski definition) is 3. The largest absolute Gasteiger partial charge is 0.394 e. The van der Waals surface area contributed by atoms with Crippen molar-refractivity contribution in [1.29, 1.82) is 0 Å². The first kappa shape index (κ1) is 17.8. The van der Waals surface area contributed by atoms with Gasteiger partial charge in [0.25, 0.3) is 5.91 Å². The molecule has 0 aliphatic rings. The molecule has 1 aromatic heterocycles.